The molecule has 0 saturated carbocycles. The van der Waals surface area contributed by atoms with Crippen LogP contribution in [0.3, 0.4) is 0 Å². The average molecular weight is 492 g/mol. The molecule has 0 aliphatic carbocycles. The average Bonchev–Trinajstić information content (AvgIpc) is 3.12. The molecule has 1 amide bonds. The molecule has 1 unspecified atom stereocenters. The molecule has 1 atom stereocenters. The van der Waals surface area contributed by atoms with Gasteiger partial charge in [0.05, 0.1) is 6.54 Å². The molecule has 2 aromatic carbocycles. The van der Waals surface area contributed by atoms with E-state index < -0.39 is 0 Å². The van der Waals surface area contributed by atoms with Gasteiger partial charge in [-0.15, -0.1) is 24.0 Å². The van der Waals surface area contributed by atoms with Crippen LogP contribution in [0.15, 0.2) is 53.5 Å². The van der Waals surface area contributed by atoms with Gasteiger partial charge in [0, 0.05) is 25.8 Å². The predicted molar refractivity (Wildman–Crippen MR) is 127 cm³/mol. The van der Waals surface area contributed by atoms with E-state index in [9.17, 15) is 4.79 Å². The van der Waals surface area contributed by atoms with Crippen molar-refractivity contribution in [1.82, 2.24) is 10.6 Å². The third-order valence-electron chi connectivity index (χ3n) is 5.04. The van der Waals surface area contributed by atoms with Crippen LogP contribution in [-0.2, 0) is 11.2 Å². The summed E-state index contributed by atoms with van der Waals surface area (Å²) in [5, 5.41) is 6.46. The molecule has 3 rings (SSSR count). The van der Waals surface area contributed by atoms with Gasteiger partial charge in [-0.1, -0.05) is 55.0 Å². The van der Waals surface area contributed by atoms with Crippen LogP contribution in [0.5, 0.6) is 0 Å². The molecule has 28 heavy (non-hydrogen) atoms. The number of benzene rings is 2. The zero-order chi connectivity index (χ0) is 19.2. The lowest BCUT2D eigenvalue weighted by Gasteiger charge is -2.20. The summed E-state index contributed by atoms with van der Waals surface area (Å²) in [7, 11) is 1.72. The number of hydrogen-bond donors (Lipinski definition) is 2. The second-order valence-electron chi connectivity index (χ2n) is 7.04. The van der Waals surface area contributed by atoms with Gasteiger partial charge >= 0.3 is 0 Å². The molecule has 5 nitrogen and oxygen atoms in total. The minimum absolute atomic E-state index is 0. The molecule has 0 bridgehead atoms. The first-order valence-corrected chi connectivity index (χ1v) is 9.48. The summed E-state index contributed by atoms with van der Waals surface area (Å²) >= 11 is 0. The Kier molecular flexibility index (Phi) is 8.29. The van der Waals surface area contributed by atoms with Gasteiger partial charge in [0.2, 0.25) is 5.91 Å². The summed E-state index contributed by atoms with van der Waals surface area (Å²) in [5.41, 5.74) is 4.81. The molecular formula is C22H29IN4O. The number of carbonyl (C=O) groups is 1. The first-order chi connectivity index (χ1) is 13.1. The van der Waals surface area contributed by atoms with Crippen molar-refractivity contribution in [3.63, 3.8) is 0 Å². The van der Waals surface area contributed by atoms with Crippen LogP contribution in [0.2, 0.25) is 0 Å². The van der Waals surface area contributed by atoms with E-state index in [4.69, 9.17) is 0 Å². The van der Waals surface area contributed by atoms with E-state index in [1.807, 2.05) is 23.1 Å². The van der Waals surface area contributed by atoms with Crippen LogP contribution < -0.4 is 15.5 Å². The Bertz CT molecular complexity index is 820. The number of hydrogen-bond acceptors (Lipinski definition) is 2. The van der Waals surface area contributed by atoms with Crippen LogP contribution in [0.4, 0.5) is 5.69 Å². The molecule has 0 saturated heterocycles. The first kappa shape index (κ1) is 22.2. The molecule has 0 spiro atoms. The number of para-hydroxylation sites is 1. The van der Waals surface area contributed by atoms with Gasteiger partial charge in [-0.05, 0) is 36.5 Å². The number of carbonyl (C=O) groups excluding carboxylic acids is 1. The molecule has 2 N–H and O–H groups in total. The van der Waals surface area contributed by atoms with E-state index in [1.54, 1.807) is 7.05 Å². The number of anilines is 1. The Morgan fingerprint density at radius 2 is 1.86 bits per heavy atom. The van der Waals surface area contributed by atoms with Crippen molar-refractivity contribution in [2.24, 2.45) is 4.99 Å². The van der Waals surface area contributed by atoms with Crippen molar-refractivity contribution in [3.05, 3.63) is 65.2 Å². The summed E-state index contributed by atoms with van der Waals surface area (Å²) in [6, 6.07) is 16.7. The molecule has 0 fully saturated rings. The summed E-state index contributed by atoms with van der Waals surface area (Å²) < 4.78 is 0. The monoisotopic (exact) mass is 492 g/mol. The van der Waals surface area contributed by atoms with Crippen LogP contribution in [-0.4, -0.2) is 38.5 Å². The first-order valence-electron chi connectivity index (χ1n) is 9.48. The van der Waals surface area contributed by atoms with Crippen molar-refractivity contribution in [3.8, 4) is 0 Å². The van der Waals surface area contributed by atoms with Crippen LogP contribution in [0, 0.1) is 6.92 Å². The summed E-state index contributed by atoms with van der Waals surface area (Å²) in [5.74, 6) is 1.06. The van der Waals surface area contributed by atoms with Gasteiger partial charge < -0.3 is 15.5 Å². The molecule has 1 heterocycles. The van der Waals surface area contributed by atoms with Gasteiger partial charge in [-0.2, -0.15) is 0 Å². The molecule has 2 aromatic rings. The van der Waals surface area contributed by atoms with E-state index in [2.05, 4.69) is 59.8 Å². The minimum atomic E-state index is 0. The van der Waals surface area contributed by atoms with Crippen molar-refractivity contribution in [2.75, 3.05) is 31.6 Å². The lowest BCUT2D eigenvalue weighted by atomic mass is 10.0. The molecule has 1 aliphatic heterocycles. The van der Waals surface area contributed by atoms with Crippen LogP contribution in [0.1, 0.15) is 29.5 Å². The van der Waals surface area contributed by atoms with Gasteiger partial charge in [0.15, 0.2) is 5.96 Å². The molecule has 6 heteroatoms. The maximum absolute atomic E-state index is 12.6. The third kappa shape index (κ3) is 5.47. The number of amides is 1. The zero-order valence-electron chi connectivity index (χ0n) is 16.7. The third-order valence-corrected chi connectivity index (χ3v) is 5.04. The standard InChI is InChI=1S/C22H28N4O.HI/c1-16-8-10-18(11-9-16)17(2)14-24-22(23-3)25-15-21(27)26-13-12-19-6-4-5-7-20(19)26;/h4-11,17H,12-15H2,1-3H3,(H2,23,24,25);1H. The quantitative estimate of drug-likeness (QED) is 0.382. The second-order valence-corrected chi connectivity index (χ2v) is 7.04. The lowest BCUT2D eigenvalue weighted by molar-refractivity contribution is -0.117. The Morgan fingerprint density at radius 1 is 1.14 bits per heavy atom. The minimum Gasteiger partial charge on any atom is -0.356 e. The maximum atomic E-state index is 12.6. The van der Waals surface area contributed by atoms with Crippen molar-refractivity contribution < 1.29 is 4.79 Å². The molecular weight excluding hydrogens is 463 g/mol. The number of rotatable bonds is 5. The topological polar surface area (TPSA) is 56.7 Å². The van der Waals surface area contributed by atoms with E-state index in [-0.39, 0.29) is 36.4 Å². The highest BCUT2D eigenvalue weighted by Gasteiger charge is 2.23. The normalized spacial score (nSPS) is 14.1. The van der Waals surface area contributed by atoms with Gasteiger partial charge in [0.1, 0.15) is 0 Å². The Labute approximate surface area is 184 Å². The van der Waals surface area contributed by atoms with E-state index >= 15 is 0 Å². The van der Waals surface area contributed by atoms with Crippen molar-refractivity contribution >= 4 is 41.5 Å². The Morgan fingerprint density at radius 3 is 2.57 bits per heavy atom. The van der Waals surface area contributed by atoms with E-state index in [0.717, 1.165) is 25.2 Å². The summed E-state index contributed by atoms with van der Waals surface area (Å²) in [4.78, 5) is 18.7. The number of guanidine groups is 1. The molecule has 0 radical (unpaired) electrons. The van der Waals surface area contributed by atoms with Gasteiger partial charge in [-0.3, -0.25) is 9.79 Å². The number of nitrogens with zero attached hydrogens (tertiary/aromatic N) is 2. The molecule has 1 aliphatic rings. The SMILES string of the molecule is CN=C(NCC(=O)N1CCc2ccccc21)NCC(C)c1ccc(C)cc1.I. The fourth-order valence-electron chi connectivity index (χ4n) is 3.34. The summed E-state index contributed by atoms with van der Waals surface area (Å²) in [6.07, 6.45) is 0.920. The Balaban J connectivity index is 0.00000280. The number of aryl methyl sites for hydroxylation is 1. The number of nitrogens with one attached hydrogen (secondary N) is 2. The molecule has 150 valence electrons. The maximum Gasteiger partial charge on any atom is 0.246 e. The lowest BCUT2D eigenvalue weighted by Crippen LogP contribution is -2.45. The van der Waals surface area contributed by atoms with Crippen LogP contribution in [0.25, 0.3) is 0 Å². The van der Waals surface area contributed by atoms with Gasteiger partial charge in [-0.25, -0.2) is 0 Å². The van der Waals surface area contributed by atoms with Crippen molar-refractivity contribution in [2.45, 2.75) is 26.2 Å². The number of halogens is 1. The number of fused-ring (bicyclic) bond motifs is 1. The van der Waals surface area contributed by atoms with E-state index in [0.29, 0.717) is 11.9 Å². The fraction of sp³-hybridized carbons (Fsp3) is 0.364. The summed E-state index contributed by atoms with van der Waals surface area (Å²) in [6.45, 7) is 6.00. The highest BCUT2D eigenvalue weighted by atomic mass is 127. The second kappa shape index (κ2) is 10.5. The van der Waals surface area contributed by atoms with Crippen LogP contribution >= 0.6 is 24.0 Å². The van der Waals surface area contributed by atoms with Gasteiger partial charge in [0.25, 0.3) is 0 Å². The van der Waals surface area contributed by atoms with E-state index in [1.165, 1.54) is 16.7 Å². The highest BCUT2D eigenvalue weighted by molar-refractivity contribution is 14.0. The highest BCUT2D eigenvalue weighted by Crippen LogP contribution is 2.27. The smallest absolute Gasteiger partial charge is 0.246 e. The van der Waals surface area contributed by atoms with Crippen molar-refractivity contribution in [1.29, 1.82) is 0 Å². The Hall–Kier alpha value is -2.09. The zero-order valence-corrected chi connectivity index (χ0v) is 19.1. The predicted octanol–water partition coefficient (Wildman–Crippen LogP) is 3.47. The molecule has 0 aromatic heterocycles. The number of aliphatic imine (C=N–C) groups is 1. The largest absolute Gasteiger partial charge is 0.356 e. The fourth-order valence-corrected chi connectivity index (χ4v) is 3.34.